The van der Waals surface area contributed by atoms with Gasteiger partial charge in [-0.2, -0.15) is 0 Å². The van der Waals surface area contributed by atoms with Crippen LogP contribution in [0.3, 0.4) is 0 Å². The topological polar surface area (TPSA) is 64.0 Å². The maximum atomic E-state index is 11.9. The third-order valence-electron chi connectivity index (χ3n) is 2.72. The van der Waals surface area contributed by atoms with E-state index in [1.165, 1.54) is 10.9 Å². The second kappa shape index (κ2) is 6.91. The standard InChI is InChI=1S/C12H17Cl2N3O2/c1-7(2)4-5-15-11(18)8(3)17-6-16-10(14)9(13)12(17)19/h6-8H,4-5H2,1-3H3,(H,15,18). The summed E-state index contributed by atoms with van der Waals surface area (Å²) in [6.07, 6.45) is 2.11. The lowest BCUT2D eigenvalue weighted by Crippen LogP contribution is -2.36. The van der Waals surface area contributed by atoms with Gasteiger partial charge in [-0.05, 0) is 19.3 Å². The summed E-state index contributed by atoms with van der Waals surface area (Å²) >= 11 is 11.3. The van der Waals surface area contributed by atoms with E-state index in [9.17, 15) is 9.59 Å². The van der Waals surface area contributed by atoms with Gasteiger partial charge in [0.1, 0.15) is 17.4 Å². The van der Waals surface area contributed by atoms with E-state index >= 15 is 0 Å². The molecule has 1 rings (SSSR count). The highest BCUT2D eigenvalue weighted by molar-refractivity contribution is 6.40. The van der Waals surface area contributed by atoms with Crippen molar-refractivity contribution in [1.82, 2.24) is 14.9 Å². The molecule has 0 aromatic carbocycles. The van der Waals surface area contributed by atoms with Gasteiger partial charge in [0.15, 0.2) is 5.15 Å². The fourth-order valence-electron chi connectivity index (χ4n) is 1.46. The van der Waals surface area contributed by atoms with Gasteiger partial charge in [0, 0.05) is 6.54 Å². The maximum absolute atomic E-state index is 11.9. The second-order valence-electron chi connectivity index (χ2n) is 4.71. The molecule has 0 aliphatic heterocycles. The van der Waals surface area contributed by atoms with Crippen LogP contribution in [0.5, 0.6) is 0 Å². The summed E-state index contributed by atoms with van der Waals surface area (Å²) < 4.78 is 1.17. The Kier molecular flexibility index (Phi) is 5.82. The molecule has 5 nitrogen and oxygen atoms in total. The molecule has 1 heterocycles. The predicted molar refractivity (Wildman–Crippen MR) is 75.7 cm³/mol. The lowest BCUT2D eigenvalue weighted by Gasteiger charge is -2.15. The van der Waals surface area contributed by atoms with E-state index in [1.807, 2.05) is 0 Å². The van der Waals surface area contributed by atoms with Crippen molar-refractivity contribution >= 4 is 29.1 Å². The van der Waals surface area contributed by atoms with Gasteiger partial charge in [-0.25, -0.2) is 4.98 Å². The Balaban J connectivity index is 2.78. The first-order chi connectivity index (χ1) is 8.84. The van der Waals surface area contributed by atoms with E-state index in [0.717, 1.165) is 6.42 Å². The zero-order valence-corrected chi connectivity index (χ0v) is 12.6. The van der Waals surface area contributed by atoms with E-state index in [-0.39, 0.29) is 16.1 Å². The van der Waals surface area contributed by atoms with Gasteiger partial charge in [0.2, 0.25) is 5.91 Å². The number of carbonyl (C=O) groups excluding carboxylic acids is 1. The van der Waals surface area contributed by atoms with Gasteiger partial charge < -0.3 is 5.32 Å². The summed E-state index contributed by atoms with van der Waals surface area (Å²) in [4.78, 5) is 27.5. The molecule has 0 aliphatic rings. The van der Waals surface area contributed by atoms with Crippen LogP contribution in [0.4, 0.5) is 0 Å². The molecule has 0 aliphatic carbocycles. The molecular weight excluding hydrogens is 289 g/mol. The molecular formula is C12H17Cl2N3O2. The van der Waals surface area contributed by atoms with Crippen molar-refractivity contribution in [3.05, 3.63) is 26.9 Å². The van der Waals surface area contributed by atoms with Gasteiger partial charge in [0.05, 0.1) is 0 Å². The quantitative estimate of drug-likeness (QED) is 0.849. The number of nitrogens with one attached hydrogen (secondary N) is 1. The Morgan fingerprint density at radius 3 is 2.63 bits per heavy atom. The molecule has 19 heavy (non-hydrogen) atoms. The molecule has 1 aromatic heterocycles. The van der Waals surface area contributed by atoms with Crippen molar-refractivity contribution in [2.24, 2.45) is 5.92 Å². The molecule has 1 unspecified atom stereocenters. The van der Waals surface area contributed by atoms with E-state index < -0.39 is 11.6 Å². The molecule has 1 aromatic rings. The van der Waals surface area contributed by atoms with E-state index in [1.54, 1.807) is 6.92 Å². The van der Waals surface area contributed by atoms with Crippen molar-refractivity contribution in [3.8, 4) is 0 Å². The van der Waals surface area contributed by atoms with Crippen LogP contribution in [-0.4, -0.2) is 22.0 Å². The van der Waals surface area contributed by atoms with Crippen molar-refractivity contribution in [1.29, 1.82) is 0 Å². The number of amides is 1. The predicted octanol–water partition coefficient (Wildman–Crippen LogP) is 2.27. The molecule has 1 amide bonds. The van der Waals surface area contributed by atoms with E-state index in [0.29, 0.717) is 12.5 Å². The molecule has 0 saturated carbocycles. The van der Waals surface area contributed by atoms with Crippen molar-refractivity contribution < 1.29 is 4.79 Å². The van der Waals surface area contributed by atoms with Crippen LogP contribution in [0, 0.1) is 5.92 Å². The summed E-state index contributed by atoms with van der Waals surface area (Å²) in [5, 5.41) is 2.54. The molecule has 0 spiro atoms. The first-order valence-electron chi connectivity index (χ1n) is 6.04. The summed E-state index contributed by atoms with van der Waals surface area (Å²) in [6, 6.07) is -0.679. The van der Waals surface area contributed by atoms with Crippen LogP contribution in [0.2, 0.25) is 10.2 Å². The number of carbonyl (C=O) groups is 1. The Morgan fingerprint density at radius 2 is 2.05 bits per heavy atom. The molecule has 7 heteroatoms. The fourth-order valence-corrected chi connectivity index (χ4v) is 1.73. The van der Waals surface area contributed by atoms with E-state index in [2.05, 4.69) is 24.1 Å². The smallest absolute Gasteiger partial charge is 0.274 e. The van der Waals surface area contributed by atoms with E-state index in [4.69, 9.17) is 23.2 Å². The van der Waals surface area contributed by atoms with Gasteiger partial charge >= 0.3 is 0 Å². The number of halogens is 2. The summed E-state index contributed by atoms with van der Waals surface area (Å²) in [6.45, 7) is 6.33. The number of aromatic nitrogens is 2. The lowest BCUT2D eigenvalue weighted by molar-refractivity contribution is -0.124. The number of hydrogen-bond donors (Lipinski definition) is 1. The van der Waals surface area contributed by atoms with Crippen LogP contribution < -0.4 is 10.9 Å². The summed E-state index contributed by atoms with van der Waals surface area (Å²) in [5.41, 5.74) is -0.520. The van der Waals surface area contributed by atoms with Crippen molar-refractivity contribution in [2.75, 3.05) is 6.54 Å². The highest BCUT2D eigenvalue weighted by atomic mass is 35.5. The fraction of sp³-hybridized carbons (Fsp3) is 0.583. The zero-order valence-electron chi connectivity index (χ0n) is 11.1. The lowest BCUT2D eigenvalue weighted by atomic mass is 10.1. The molecule has 0 bridgehead atoms. The minimum atomic E-state index is -0.679. The largest absolute Gasteiger partial charge is 0.354 e. The SMILES string of the molecule is CC(C)CCNC(=O)C(C)n1cnc(Cl)c(Cl)c1=O. The van der Waals surface area contributed by atoms with Gasteiger partial charge in [-0.1, -0.05) is 37.0 Å². The highest BCUT2D eigenvalue weighted by Crippen LogP contribution is 2.14. The average molecular weight is 306 g/mol. The monoisotopic (exact) mass is 305 g/mol. The third kappa shape index (κ3) is 4.21. The Morgan fingerprint density at radius 1 is 1.42 bits per heavy atom. The Bertz CT molecular complexity index is 514. The number of hydrogen-bond acceptors (Lipinski definition) is 3. The second-order valence-corrected chi connectivity index (χ2v) is 5.45. The van der Waals surface area contributed by atoms with Gasteiger partial charge in [0.25, 0.3) is 5.56 Å². The first-order valence-corrected chi connectivity index (χ1v) is 6.80. The van der Waals surface area contributed by atoms with Gasteiger partial charge in [-0.15, -0.1) is 0 Å². The highest BCUT2D eigenvalue weighted by Gasteiger charge is 2.18. The number of rotatable bonds is 5. The molecule has 1 N–H and O–H groups in total. The molecule has 106 valence electrons. The molecule has 1 atom stereocenters. The summed E-state index contributed by atoms with van der Waals surface area (Å²) in [5.74, 6) is 0.257. The molecule has 0 fully saturated rings. The van der Waals surface area contributed by atoms with Crippen molar-refractivity contribution in [3.63, 3.8) is 0 Å². The van der Waals surface area contributed by atoms with Crippen LogP contribution in [0.15, 0.2) is 11.1 Å². The van der Waals surface area contributed by atoms with Gasteiger partial charge in [-0.3, -0.25) is 14.2 Å². The normalized spacial score (nSPS) is 12.5. The minimum Gasteiger partial charge on any atom is -0.354 e. The first kappa shape index (κ1) is 16.0. The summed E-state index contributed by atoms with van der Waals surface area (Å²) in [7, 11) is 0. The Hall–Kier alpha value is -1.07. The van der Waals surface area contributed by atoms with Crippen LogP contribution in [0.1, 0.15) is 33.2 Å². The van der Waals surface area contributed by atoms with Crippen LogP contribution in [0.25, 0.3) is 0 Å². The minimum absolute atomic E-state index is 0.0599. The molecule has 0 saturated heterocycles. The van der Waals surface area contributed by atoms with Crippen LogP contribution >= 0.6 is 23.2 Å². The van der Waals surface area contributed by atoms with Crippen LogP contribution in [-0.2, 0) is 4.79 Å². The average Bonchev–Trinajstić information content (AvgIpc) is 2.35. The Labute approximate surface area is 121 Å². The zero-order chi connectivity index (χ0) is 14.6. The van der Waals surface area contributed by atoms with Crippen molar-refractivity contribution in [2.45, 2.75) is 33.2 Å². The molecule has 0 radical (unpaired) electrons. The number of nitrogens with zero attached hydrogens (tertiary/aromatic N) is 2. The maximum Gasteiger partial charge on any atom is 0.274 e. The third-order valence-corrected chi connectivity index (χ3v) is 3.44.